The molecular weight excluding hydrogens is 436 g/mol. The lowest BCUT2D eigenvalue weighted by molar-refractivity contribution is 0.485. The number of halogens is 1. The molecule has 28 heavy (non-hydrogen) atoms. The van der Waals surface area contributed by atoms with Gasteiger partial charge >= 0.3 is 10.1 Å². The van der Waals surface area contributed by atoms with Crippen molar-refractivity contribution in [2.75, 3.05) is 0 Å². The van der Waals surface area contributed by atoms with Crippen LogP contribution in [0.5, 0.6) is 5.75 Å². The molecule has 0 radical (unpaired) electrons. The van der Waals surface area contributed by atoms with Crippen molar-refractivity contribution in [1.29, 1.82) is 0 Å². The molecule has 0 heterocycles. The van der Waals surface area contributed by atoms with Gasteiger partial charge in [0.05, 0.1) is 4.47 Å². The maximum atomic E-state index is 12.7. The third-order valence-corrected chi connectivity index (χ3v) is 7.17. The molecule has 0 bridgehead atoms. The molecule has 0 N–H and O–H groups in total. The van der Waals surface area contributed by atoms with Crippen LogP contribution in [0.25, 0.3) is 21.5 Å². The fourth-order valence-electron chi connectivity index (χ4n) is 3.59. The number of hydrogen-bond acceptors (Lipinski definition) is 3. The normalized spacial score (nSPS) is 11.9. The molecular formula is C23H19BrO3S. The Morgan fingerprint density at radius 1 is 0.750 bits per heavy atom. The van der Waals surface area contributed by atoms with Gasteiger partial charge in [-0.25, -0.2) is 0 Å². The minimum atomic E-state index is -3.92. The van der Waals surface area contributed by atoms with Gasteiger partial charge in [0.15, 0.2) is 5.75 Å². The zero-order chi connectivity index (χ0) is 20.1. The molecule has 0 aliphatic carbocycles. The van der Waals surface area contributed by atoms with E-state index < -0.39 is 10.1 Å². The summed E-state index contributed by atoms with van der Waals surface area (Å²) in [6.07, 6.45) is 0. The number of hydrogen-bond donors (Lipinski definition) is 0. The maximum Gasteiger partial charge on any atom is 0.339 e. The summed E-state index contributed by atoms with van der Waals surface area (Å²) in [6.45, 7) is 6.04. The number of rotatable bonds is 3. The largest absolute Gasteiger partial charge is 0.378 e. The third kappa shape index (κ3) is 3.09. The van der Waals surface area contributed by atoms with Gasteiger partial charge in [-0.1, -0.05) is 48.0 Å². The van der Waals surface area contributed by atoms with E-state index in [-0.39, 0.29) is 10.6 Å². The molecule has 0 aliphatic rings. The highest BCUT2D eigenvalue weighted by Crippen LogP contribution is 2.41. The third-order valence-electron chi connectivity index (χ3n) is 5.13. The first-order chi connectivity index (χ1) is 13.3. The van der Waals surface area contributed by atoms with Gasteiger partial charge < -0.3 is 4.18 Å². The smallest absolute Gasteiger partial charge is 0.339 e. The molecule has 0 amide bonds. The van der Waals surface area contributed by atoms with Crippen molar-refractivity contribution in [3.05, 3.63) is 81.8 Å². The first-order valence-corrected chi connectivity index (χ1v) is 11.1. The highest BCUT2D eigenvalue weighted by molar-refractivity contribution is 9.10. The molecule has 0 fully saturated rings. The quantitative estimate of drug-likeness (QED) is 0.264. The minimum Gasteiger partial charge on any atom is -0.378 e. The van der Waals surface area contributed by atoms with E-state index in [9.17, 15) is 8.42 Å². The first-order valence-electron chi connectivity index (χ1n) is 8.91. The highest BCUT2D eigenvalue weighted by atomic mass is 79.9. The summed E-state index contributed by atoms with van der Waals surface area (Å²) in [5.74, 6) is 0.283. The Morgan fingerprint density at radius 2 is 1.36 bits per heavy atom. The van der Waals surface area contributed by atoms with Crippen molar-refractivity contribution in [2.24, 2.45) is 0 Å². The van der Waals surface area contributed by atoms with Gasteiger partial charge in [-0.05, 0) is 82.2 Å². The number of fused-ring (bicyclic) bond motifs is 2. The summed E-state index contributed by atoms with van der Waals surface area (Å²) in [7, 11) is -3.92. The predicted molar refractivity (Wildman–Crippen MR) is 118 cm³/mol. The minimum absolute atomic E-state index is 0.136. The van der Waals surface area contributed by atoms with Gasteiger partial charge in [0.25, 0.3) is 0 Å². The molecule has 0 aliphatic heterocycles. The SMILES string of the molecule is Cc1ccc(S(=O)(=O)Oc2ccc3c(C)c4ccccc4c(C)c3c2Br)cc1. The monoisotopic (exact) mass is 454 g/mol. The van der Waals surface area contributed by atoms with Crippen molar-refractivity contribution < 1.29 is 12.6 Å². The summed E-state index contributed by atoms with van der Waals surface area (Å²) in [4.78, 5) is 0.136. The van der Waals surface area contributed by atoms with Gasteiger partial charge in [0.2, 0.25) is 0 Å². The molecule has 0 aromatic heterocycles. The van der Waals surface area contributed by atoms with Crippen LogP contribution >= 0.6 is 15.9 Å². The Hall–Kier alpha value is -2.37. The molecule has 0 saturated heterocycles. The van der Waals surface area contributed by atoms with Gasteiger partial charge in [-0.2, -0.15) is 8.42 Å². The second-order valence-corrected chi connectivity index (χ2v) is 9.29. The van der Waals surface area contributed by atoms with E-state index in [0.717, 1.165) is 32.8 Å². The van der Waals surface area contributed by atoms with Crippen LogP contribution < -0.4 is 4.18 Å². The summed E-state index contributed by atoms with van der Waals surface area (Å²) in [5.41, 5.74) is 3.23. The van der Waals surface area contributed by atoms with Crippen molar-refractivity contribution >= 4 is 47.6 Å². The van der Waals surface area contributed by atoms with Crippen LogP contribution in [0, 0.1) is 20.8 Å². The Kier molecular flexibility index (Phi) is 4.68. The van der Waals surface area contributed by atoms with Crippen LogP contribution in [0.3, 0.4) is 0 Å². The molecule has 0 spiro atoms. The molecule has 0 saturated carbocycles. The van der Waals surface area contributed by atoms with Crippen molar-refractivity contribution in [1.82, 2.24) is 0 Å². The predicted octanol–water partition coefficient (Wildman–Crippen LogP) is 6.45. The lowest BCUT2D eigenvalue weighted by atomic mass is 9.93. The van der Waals surface area contributed by atoms with Gasteiger partial charge in [0, 0.05) is 5.39 Å². The maximum absolute atomic E-state index is 12.7. The number of aryl methyl sites for hydroxylation is 3. The van der Waals surface area contributed by atoms with E-state index in [1.807, 2.05) is 32.0 Å². The van der Waals surface area contributed by atoms with Crippen molar-refractivity contribution in [3.8, 4) is 5.75 Å². The molecule has 0 atom stereocenters. The van der Waals surface area contributed by atoms with E-state index in [1.165, 1.54) is 5.39 Å². The Labute approximate surface area is 173 Å². The highest BCUT2D eigenvalue weighted by Gasteiger charge is 2.20. The fourth-order valence-corrected chi connectivity index (χ4v) is 5.36. The Bertz CT molecular complexity index is 1320. The molecule has 3 nitrogen and oxygen atoms in total. The van der Waals surface area contributed by atoms with E-state index in [0.29, 0.717) is 4.47 Å². The van der Waals surface area contributed by atoms with Gasteiger partial charge in [-0.15, -0.1) is 0 Å². The first kappa shape index (κ1) is 19.0. The van der Waals surface area contributed by atoms with Crippen LogP contribution in [0.2, 0.25) is 0 Å². The molecule has 142 valence electrons. The second kappa shape index (κ2) is 6.90. The lowest BCUT2D eigenvalue weighted by Gasteiger charge is -2.16. The summed E-state index contributed by atoms with van der Waals surface area (Å²) in [6, 6.07) is 18.5. The lowest BCUT2D eigenvalue weighted by Crippen LogP contribution is -2.10. The topological polar surface area (TPSA) is 43.4 Å². The zero-order valence-electron chi connectivity index (χ0n) is 15.8. The number of benzene rings is 4. The van der Waals surface area contributed by atoms with Gasteiger partial charge in [0.1, 0.15) is 4.90 Å². The zero-order valence-corrected chi connectivity index (χ0v) is 18.2. The van der Waals surface area contributed by atoms with Gasteiger partial charge in [-0.3, -0.25) is 0 Å². The van der Waals surface area contributed by atoms with E-state index >= 15 is 0 Å². The average molecular weight is 455 g/mol. The standard InChI is InChI=1S/C23H19BrO3S/c1-14-8-10-17(11-9-14)28(25,26)27-21-13-12-20-15(2)18-6-4-5-7-19(18)16(3)22(20)23(21)24/h4-13H,1-3H3. The van der Waals surface area contributed by atoms with Crippen LogP contribution in [0.15, 0.2) is 70.0 Å². The summed E-state index contributed by atoms with van der Waals surface area (Å²) >= 11 is 3.60. The van der Waals surface area contributed by atoms with Crippen LogP contribution in [-0.4, -0.2) is 8.42 Å². The van der Waals surface area contributed by atoms with E-state index in [1.54, 1.807) is 30.3 Å². The molecule has 4 aromatic rings. The van der Waals surface area contributed by atoms with E-state index in [2.05, 4.69) is 35.0 Å². The van der Waals surface area contributed by atoms with Crippen molar-refractivity contribution in [2.45, 2.75) is 25.7 Å². The van der Waals surface area contributed by atoms with E-state index in [4.69, 9.17) is 4.18 Å². The molecule has 4 rings (SSSR count). The average Bonchev–Trinajstić information content (AvgIpc) is 2.68. The molecule has 0 unspecified atom stereocenters. The van der Waals surface area contributed by atoms with Crippen LogP contribution in [-0.2, 0) is 10.1 Å². The van der Waals surface area contributed by atoms with Crippen molar-refractivity contribution in [3.63, 3.8) is 0 Å². The Balaban J connectivity index is 1.90. The summed E-state index contributed by atoms with van der Waals surface area (Å²) in [5, 5.41) is 4.38. The second-order valence-electron chi connectivity index (χ2n) is 6.95. The Morgan fingerprint density at radius 3 is 2.00 bits per heavy atom. The molecule has 4 aromatic carbocycles. The summed E-state index contributed by atoms with van der Waals surface area (Å²) < 4.78 is 31.6. The van der Waals surface area contributed by atoms with Crippen LogP contribution in [0.4, 0.5) is 0 Å². The fraction of sp³-hybridized carbons (Fsp3) is 0.130. The molecule has 5 heteroatoms. The van der Waals surface area contributed by atoms with Crippen LogP contribution in [0.1, 0.15) is 16.7 Å².